The molecular weight excluding hydrogens is 274 g/mol. The third kappa shape index (κ3) is 10.7. The van der Waals surface area contributed by atoms with Crippen LogP contribution in [-0.2, 0) is 23.9 Å². The number of hydrogen-bond acceptors (Lipinski definition) is 6. The Kier molecular flexibility index (Phi) is 7.30. The van der Waals surface area contributed by atoms with Crippen molar-refractivity contribution in [2.45, 2.75) is 78.0 Å². The van der Waals surface area contributed by atoms with Crippen LogP contribution in [0, 0.1) is 0 Å². The van der Waals surface area contributed by atoms with E-state index >= 15 is 0 Å². The van der Waals surface area contributed by atoms with Gasteiger partial charge in [0.15, 0.2) is 6.04 Å². The first-order chi connectivity index (χ1) is 9.44. The highest BCUT2D eigenvalue weighted by atomic mass is 16.6. The van der Waals surface area contributed by atoms with E-state index in [2.05, 4.69) is 4.99 Å². The number of esters is 2. The predicted octanol–water partition coefficient (Wildman–Crippen LogP) is 2.54. The zero-order valence-corrected chi connectivity index (χ0v) is 13.7. The Morgan fingerprint density at radius 3 is 2.00 bits per heavy atom. The largest absolute Gasteiger partial charge is 0.460 e. The fraction of sp³-hybridized carbons (Fsp3) is 0.800. The topological polar surface area (TPSA) is 82.0 Å². The molecular formula is C15H25NO5. The van der Waals surface area contributed by atoms with Crippen LogP contribution in [0.5, 0.6) is 0 Å². The fourth-order valence-electron chi connectivity index (χ4n) is 1.50. The lowest BCUT2D eigenvalue weighted by molar-refractivity contribution is -0.158. The van der Waals surface area contributed by atoms with Gasteiger partial charge in [-0.1, -0.05) is 0 Å². The summed E-state index contributed by atoms with van der Waals surface area (Å²) < 4.78 is 10.3. The molecule has 6 heteroatoms. The van der Waals surface area contributed by atoms with E-state index < -0.39 is 23.2 Å². The Hall–Kier alpha value is -1.68. The van der Waals surface area contributed by atoms with E-state index in [9.17, 15) is 14.4 Å². The molecule has 0 aliphatic rings. The highest BCUT2D eigenvalue weighted by Gasteiger charge is 2.25. The predicted molar refractivity (Wildman–Crippen MR) is 77.5 cm³/mol. The molecule has 0 fully saturated rings. The summed E-state index contributed by atoms with van der Waals surface area (Å²) >= 11 is 0. The van der Waals surface area contributed by atoms with E-state index in [0.717, 1.165) is 0 Å². The van der Waals surface area contributed by atoms with Crippen molar-refractivity contribution in [3.63, 3.8) is 0 Å². The lowest BCUT2D eigenvalue weighted by Gasteiger charge is -2.22. The van der Waals surface area contributed by atoms with Gasteiger partial charge >= 0.3 is 11.9 Å². The third-order valence-corrected chi connectivity index (χ3v) is 2.17. The van der Waals surface area contributed by atoms with E-state index in [4.69, 9.17) is 9.47 Å². The quantitative estimate of drug-likeness (QED) is 0.427. The number of carbonyl (C=O) groups excluding carboxylic acids is 3. The maximum atomic E-state index is 11.8. The van der Waals surface area contributed by atoms with Crippen LogP contribution in [0.15, 0.2) is 4.99 Å². The van der Waals surface area contributed by atoms with Crippen molar-refractivity contribution >= 4 is 18.0 Å². The van der Waals surface area contributed by atoms with Gasteiger partial charge in [-0.25, -0.2) is 9.59 Å². The number of carbonyl (C=O) groups is 2. The molecule has 0 aliphatic carbocycles. The van der Waals surface area contributed by atoms with E-state index in [1.165, 1.54) is 6.08 Å². The molecule has 0 heterocycles. The second-order valence-electron chi connectivity index (χ2n) is 6.75. The first-order valence-corrected chi connectivity index (χ1v) is 6.96. The Morgan fingerprint density at radius 1 is 1.05 bits per heavy atom. The molecule has 0 amide bonds. The van der Waals surface area contributed by atoms with Crippen LogP contribution in [-0.4, -0.2) is 35.3 Å². The van der Waals surface area contributed by atoms with Crippen LogP contribution in [0.1, 0.15) is 60.8 Å². The lowest BCUT2D eigenvalue weighted by Crippen LogP contribution is -2.31. The van der Waals surface area contributed by atoms with Gasteiger partial charge in [0, 0.05) is 6.42 Å². The van der Waals surface area contributed by atoms with Crippen molar-refractivity contribution in [2.24, 2.45) is 4.99 Å². The average Bonchev–Trinajstić information content (AvgIpc) is 2.22. The molecule has 1 atom stereocenters. The Bertz CT molecular complexity index is 411. The van der Waals surface area contributed by atoms with Gasteiger partial charge in [-0.15, -0.1) is 0 Å². The Morgan fingerprint density at radius 2 is 1.57 bits per heavy atom. The Labute approximate surface area is 125 Å². The molecule has 0 N–H and O–H groups in total. The first kappa shape index (κ1) is 19.3. The van der Waals surface area contributed by atoms with E-state index in [0.29, 0.717) is 6.42 Å². The van der Waals surface area contributed by atoms with Gasteiger partial charge < -0.3 is 9.47 Å². The lowest BCUT2D eigenvalue weighted by atomic mass is 10.1. The second kappa shape index (κ2) is 7.93. The number of nitrogens with zero attached hydrogens (tertiary/aromatic N) is 1. The van der Waals surface area contributed by atoms with Gasteiger partial charge in [0.2, 0.25) is 6.08 Å². The van der Waals surface area contributed by atoms with Crippen molar-refractivity contribution in [3.8, 4) is 0 Å². The van der Waals surface area contributed by atoms with Crippen molar-refractivity contribution in [3.05, 3.63) is 0 Å². The number of isocyanates is 1. The molecule has 6 nitrogen and oxygen atoms in total. The zero-order valence-electron chi connectivity index (χ0n) is 13.7. The molecule has 0 saturated heterocycles. The van der Waals surface area contributed by atoms with E-state index in [1.807, 2.05) is 0 Å². The van der Waals surface area contributed by atoms with Gasteiger partial charge in [-0.05, 0) is 54.4 Å². The molecule has 0 aromatic rings. The SMILES string of the molecule is CC(C)(C)OC(=O)CCCC(N=C=O)C(=O)OC(C)(C)C. The monoisotopic (exact) mass is 299 g/mol. The summed E-state index contributed by atoms with van der Waals surface area (Å²) in [7, 11) is 0. The maximum absolute atomic E-state index is 11.8. The van der Waals surface area contributed by atoms with Crippen LogP contribution >= 0.6 is 0 Å². The molecule has 1 unspecified atom stereocenters. The summed E-state index contributed by atoms with van der Waals surface area (Å²) in [5.41, 5.74) is -1.19. The van der Waals surface area contributed by atoms with Crippen LogP contribution in [0.4, 0.5) is 0 Å². The van der Waals surface area contributed by atoms with Gasteiger partial charge in [-0.3, -0.25) is 4.79 Å². The van der Waals surface area contributed by atoms with Gasteiger partial charge in [0.05, 0.1) is 0 Å². The number of aliphatic imine (C=N–C) groups is 1. The summed E-state index contributed by atoms with van der Waals surface area (Å²) in [4.78, 5) is 37.2. The normalized spacial score (nSPS) is 13.0. The smallest absolute Gasteiger partial charge is 0.332 e. The first-order valence-electron chi connectivity index (χ1n) is 6.96. The number of rotatable bonds is 6. The zero-order chi connectivity index (χ0) is 16.7. The minimum Gasteiger partial charge on any atom is -0.460 e. The molecule has 120 valence electrons. The molecule has 0 saturated carbocycles. The van der Waals surface area contributed by atoms with Crippen molar-refractivity contribution in [2.75, 3.05) is 0 Å². The van der Waals surface area contributed by atoms with E-state index in [-0.39, 0.29) is 18.8 Å². The minimum absolute atomic E-state index is 0.158. The summed E-state index contributed by atoms with van der Waals surface area (Å²) in [6.07, 6.45) is 2.14. The number of hydrogen-bond donors (Lipinski definition) is 0. The summed E-state index contributed by atoms with van der Waals surface area (Å²) in [5.74, 6) is -0.935. The van der Waals surface area contributed by atoms with Crippen LogP contribution < -0.4 is 0 Å². The number of ether oxygens (including phenoxy) is 2. The molecule has 0 aromatic heterocycles. The Balaban J connectivity index is 4.38. The molecule has 0 spiro atoms. The van der Waals surface area contributed by atoms with E-state index in [1.54, 1.807) is 41.5 Å². The highest BCUT2D eigenvalue weighted by molar-refractivity contribution is 5.77. The molecule has 0 radical (unpaired) electrons. The molecule has 0 rings (SSSR count). The maximum Gasteiger partial charge on any atom is 0.332 e. The van der Waals surface area contributed by atoms with Gasteiger partial charge in [-0.2, -0.15) is 4.99 Å². The molecule has 0 bridgehead atoms. The molecule has 21 heavy (non-hydrogen) atoms. The average molecular weight is 299 g/mol. The van der Waals surface area contributed by atoms with Crippen LogP contribution in [0.3, 0.4) is 0 Å². The summed E-state index contributed by atoms with van der Waals surface area (Å²) in [6, 6.07) is -0.927. The second-order valence-corrected chi connectivity index (χ2v) is 6.75. The third-order valence-electron chi connectivity index (χ3n) is 2.17. The van der Waals surface area contributed by atoms with Crippen molar-refractivity contribution in [1.82, 2.24) is 0 Å². The highest BCUT2D eigenvalue weighted by Crippen LogP contribution is 2.15. The molecule has 0 aliphatic heterocycles. The fourth-order valence-corrected chi connectivity index (χ4v) is 1.50. The molecule has 0 aromatic carbocycles. The van der Waals surface area contributed by atoms with Gasteiger partial charge in [0.25, 0.3) is 0 Å². The van der Waals surface area contributed by atoms with Crippen LogP contribution in [0.2, 0.25) is 0 Å². The van der Waals surface area contributed by atoms with Crippen LogP contribution in [0.25, 0.3) is 0 Å². The van der Waals surface area contributed by atoms with Crippen molar-refractivity contribution in [1.29, 1.82) is 0 Å². The standard InChI is InChI=1S/C15H25NO5/c1-14(2,3)20-12(18)9-7-8-11(16-10-17)13(19)21-15(4,5)6/h11H,7-9H2,1-6H3. The summed E-state index contributed by atoms with van der Waals surface area (Å²) in [6.45, 7) is 10.5. The van der Waals surface area contributed by atoms with Crippen molar-refractivity contribution < 1.29 is 23.9 Å². The summed E-state index contributed by atoms with van der Waals surface area (Å²) in [5, 5.41) is 0. The van der Waals surface area contributed by atoms with Gasteiger partial charge in [0.1, 0.15) is 11.2 Å². The minimum atomic E-state index is -0.927.